The second kappa shape index (κ2) is 6.95. The molecule has 0 spiro atoms. The smallest absolute Gasteiger partial charge is 0.308 e. The third kappa shape index (κ3) is 5.14. The first-order valence-corrected chi connectivity index (χ1v) is 6.23. The molecule has 0 aliphatic carbocycles. The Balaban J connectivity index is 2.54. The summed E-state index contributed by atoms with van der Waals surface area (Å²) in [5, 5.41) is 11.8. The minimum absolute atomic E-state index is 0.104. The van der Waals surface area contributed by atoms with Crippen molar-refractivity contribution in [2.24, 2.45) is 5.92 Å². The van der Waals surface area contributed by atoms with E-state index in [1.807, 2.05) is 19.1 Å². The van der Waals surface area contributed by atoms with E-state index < -0.39 is 11.9 Å². The van der Waals surface area contributed by atoms with Crippen LogP contribution in [0.15, 0.2) is 24.3 Å². The lowest BCUT2D eigenvalue weighted by atomic mass is 10.1. The standard InChI is InChI=1S/C14H16ClNO3/c1-9-3-4-11(7-12(9)15)5-6-13(17)16-8-10(2)14(18)19/h3-7,10H,8H2,1-2H3,(H,16,17)(H,18,19). The quantitative estimate of drug-likeness (QED) is 0.815. The van der Waals surface area contributed by atoms with Crippen LogP contribution in [-0.4, -0.2) is 23.5 Å². The summed E-state index contributed by atoms with van der Waals surface area (Å²) in [7, 11) is 0. The molecule has 1 unspecified atom stereocenters. The van der Waals surface area contributed by atoms with Gasteiger partial charge < -0.3 is 10.4 Å². The van der Waals surface area contributed by atoms with Crippen molar-refractivity contribution in [2.45, 2.75) is 13.8 Å². The predicted molar refractivity (Wildman–Crippen MR) is 75.0 cm³/mol. The minimum atomic E-state index is -0.936. The van der Waals surface area contributed by atoms with Crippen molar-refractivity contribution < 1.29 is 14.7 Å². The number of rotatable bonds is 5. The van der Waals surface area contributed by atoms with E-state index in [2.05, 4.69) is 5.32 Å². The van der Waals surface area contributed by atoms with Gasteiger partial charge in [-0.05, 0) is 30.2 Å². The maximum absolute atomic E-state index is 11.5. The third-order valence-corrected chi connectivity index (χ3v) is 3.03. The van der Waals surface area contributed by atoms with Crippen LogP contribution in [0.25, 0.3) is 6.08 Å². The molecule has 0 saturated heterocycles. The Morgan fingerprint density at radius 3 is 2.74 bits per heavy atom. The van der Waals surface area contributed by atoms with Crippen LogP contribution in [0.2, 0.25) is 5.02 Å². The van der Waals surface area contributed by atoms with Crippen LogP contribution in [0.4, 0.5) is 0 Å². The topological polar surface area (TPSA) is 66.4 Å². The molecule has 0 saturated carbocycles. The van der Waals surface area contributed by atoms with Gasteiger partial charge in [-0.1, -0.05) is 30.7 Å². The highest BCUT2D eigenvalue weighted by Gasteiger charge is 2.10. The van der Waals surface area contributed by atoms with Crippen LogP contribution >= 0.6 is 11.6 Å². The molecule has 1 atom stereocenters. The molecule has 5 heteroatoms. The first-order chi connectivity index (χ1) is 8.90. The van der Waals surface area contributed by atoms with E-state index in [4.69, 9.17) is 16.7 Å². The zero-order valence-electron chi connectivity index (χ0n) is 10.8. The van der Waals surface area contributed by atoms with Gasteiger partial charge in [0.25, 0.3) is 0 Å². The van der Waals surface area contributed by atoms with E-state index in [1.54, 1.807) is 12.1 Å². The van der Waals surface area contributed by atoms with Gasteiger partial charge in [0.15, 0.2) is 0 Å². The summed E-state index contributed by atoms with van der Waals surface area (Å²) < 4.78 is 0. The SMILES string of the molecule is Cc1ccc(C=CC(=O)NCC(C)C(=O)O)cc1Cl. The van der Waals surface area contributed by atoms with Gasteiger partial charge in [0.2, 0.25) is 5.91 Å². The van der Waals surface area contributed by atoms with Gasteiger partial charge in [0.05, 0.1) is 5.92 Å². The zero-order valence-corrected chi connectivity index (χ0v) is 11.6. The van der Waals surface area contributed by atoms with Crippen molar-refractivity contribution >= 4 is 29.6 Å². The molecule has 0 aliphatic heterocycles. The summed E-state index contributed by atoms with van der Waals surface area (Å²) in [5.74, 6) is -1.87. The Hall–Kier alpha value is -1.81. The number of carboxylic acids is 1. The summed E-state index contributed by atoms with van der Waals surface area (Å²) in [5.41, 5.74) is 1.79. The Labute approximate surface area is 117 Å². The average molecular weight is 282 g/mol. The number of hydrogen-bond acceptors (Lipinski definition) is 2. The number of amides is 1. The Morgan fingerprint density at radius 1 is 1.47 bits per heavy atom. The second-order valence-electron chi connectivity index (χ2n) is 4.33. The molecular weight excluding hydrogens is 266 g/mol. The summed E-state index contributed by atoms with van der Waals surface area (Å²) >= 11 is 5.97. The number of aryl methyl sites for hydroxylation is 1. The van der Waals surface area contributed by atoms with Crippen LogP contribution in [-0.2, 0) is 9.59 Å². The normalized spacial score (nSPS) is 12.4. The van der Waals surface area contributed by atoms with E-state index >= 15 is 0 Å². The van der Waals surface area contributed by atoms with Crippen molar-refractivity contribution in [3.63, 3.8) is 0 Å². The molecular formula is C14H16ClNO3. The van der Waals surface area contributed by atoms with Crippen molar-refractivity contribution in [2.75, 3.05) is 6.54 Å². The molecule has 0 aliphatic rings. The molecule has 1 aromatic carbocycles. The van der Waals surface area contributed by atoms with Crippen molar-refractivity contribution in [1.82, 2.24) is 5.32 Å². The molecule has 0 heterocycles. The third-order valence-electron chi connectivity index (χ3n) is 2.63. The molecule has 1 amide bonds. The largest absolute Gasteiger partial charge is 0.481 e. The maximum atomic E-state index is 11.5. The maximum Gasteiger partial charge on any atom is 0.308 e. The van der Waals surface area contributed by atoms with E-state index in [1.165, 1.54) is 13.0 Å². The number of carboxylic acid groups (broad SMARTS) is 1. The van der Waals surface area contributed by atoms with Gasteiger partial charge in [-0.15, -0.1) is 0 Å². The molecule has 0 aromatic heterocycles. The molecule has 2 N–H and O–H groups in total. The summed E-state index contributed by atoms with van der Waals surface area (Å²) in [6.45, 7) is 3.54. The predicted octanol–water partition coefficient (Wildman–Crippen LogP) is 2.50. The molecule has 4 nitrogen and oxygen atoms in total. The molecule has 0 fully saturated rings. The summed E-state index contributed by atoms with van der Waals surface area (Å²) in [6.07, 6.45) is 2.99. The number of carbonyl (C=O) groups excluding carboxylic acids is 1. The van der Waals surface area contributed by atoms with Gasteiger partial charge in [-0.2, -0.15) is 0 Å². The molecule has 0 bridgehead atoms. The van der Waals surface area contributed by atoms with Crippen LogP contribution in [0, 0.1) is 12.8 Å². The zero-order chi connectivity index (χ0) is 14.4. The molecule has 1 rings (SSSR count). The highest BCUT2D eigenvalue weighted by molar-refractivity contribution is 6.31. The molecule has 1 aromatic rings. The first-order valence-electron chi connectivity index (χ1n) is 5.85. The fourth-order valence-electron chi connectivity index (χ4n) is 1.28. The number of aliphatic carboxylic acids is 1. The van der Waals surface area contributed by atoms with Gasteiger partial charge in [-0.25, -0.2) is 0 Å². The van der Waals surface area contributed by atoms with Gasteiger partial charge >= 0.3 is 5.97 Å². The van der Waals surface area contributed by atoms with Gasteiger partial charge in [0, 0.05) is 17.6 Å². The van der Waals surface area contributed by atoms with Crippen LogP contribution in [0.5, 0.6) is 0 Å². The Bertz CT molecular complexity index is 511. The van der Waals surface area contributed by atoms with Gasteiger partial charge in [-0.3, -0.25) is 9.59 Å². The number of hydrogen-bond donors (Lipinski definition) is 2. The van der Waals surface area contributed by atoms with Crippen LogP contribution in [0.3, 0.4) is 0 Å². The van der Waals surface area contributed by atoms with E-state index in [-0.39, 0.29) is 12.5 Å². The van der Waals surface area contributed by atoms with Crippen molar-refractivity contribution in [1.29, 1.82) is 0 Å². The highest BCUT2D eigenvalue weighted by atomic mass is 35.5. The Kier molecular flexibility index (Phi) is 5.57. The van der Waals surface area contributed by atoms with Crippen molar-refractivity contribution in [3.8, 4) is 0 Å². The minimum Gasteiger partial charge on any atom is -0.481 e. The summed E-state index contributed by atoms with van der Waals surface area (Å²) in [6, 6.07) is 5.48. The second-order valence-corrected chi connectivity index (χ2v) is 4.73. The fraction of sp³-hybridized carbons (Fsp3) is 0.286. The Morgan fingerprint density at radius 2 is 2.16 bits per heavy atom. The molecule has 102 valence electrons. The van der Waals surface area contributed by atoms with E-state index in [9.17, 15) is 9.59 Å². The summed E-state index contributed by atoms with van der Waals surface area (Å²) in [4.78, 5) is 22.0. The number of carbonyl (C=O) groups is 2. The number of halogens is 1. The monoisotopic (exact) mass is 281 g/mol. The van der Waals surface area contributed by atoms with E-state index in [0.717, 1.165) is 11.1 Å². The first kappa shape index (κ1) is 15.2. The van der Waals surface area contributed by atoms with Crippen LogP contribution in [0.1, 0.15) is 18.1 Å². The molecule has 19 heavy (non-hydrogen) atoms. The number of benzene rings is 1. The number of nitrogens with one attached hydrogen (secondary N) is 1. The van der Waals surface area contributed by atoms with Gasteiger partial charge in [0.1, 0.15) is 0 Å². The van der Waals surface area contributed by atoms with E-state index in [0.29, 0.717) is 5.02 Å². The van der Waals surface area contributed by atoms with Crippen molar-refractivity contribution in [3.05, 3.63) is 40.4 Å². The lowest BCUT2D eigenvalue weighted by Crippen LogP contribution is -2.30. The fourth-order valence-corrected chi connectivity index (χ4v) is 1.47. The average Bonchev–Trinajstić information content (AvgIpc) is 2.37. The van der Waals surface area contributed by atoms with Crippen LogP contribution < -0.4 is 5.32 Å². The lowest BCUT2D eigenvalue weighted by Gasteiger charge is -2.06. The lowest BCUT2D eigenvalue weighted by molar-refractivity contribution is -0.141. The molecule has 0 radical (unpaired) electrons. The highest BCUT2D eigenvalue weighted by Crippen LogP contribution is 2.17.